The van der Waals surface area contributed by atoms with Crippen LogP contribution in [-0.4, -0.2) is 5.96 Å². The van der Waals surface area contributed by atoms with Crippen molar-refractivity contribution in [3.8, 4) is 0 Å². The Bertz CT molecular complexity index is 1670. The molecular formula is C36H30N4. The van der Waals surface area contributed by atoms with Gasteiger partial charge in [-0.15, -0.1) is 0 Å². The number of fused-ring (bicyclic) bond motifs is 6. The van der Waals surface area contributed by atoms with Crippen LogP contribution in [0.2, 0.25) is 0 Å². The Balaban J connectivity index is 1.37. The highest BCUT2D eigenvalue weighted by molar-refractivity contribution is 6.23. The van der Waals surface area contributed by atoms with Gasteiger partial charge in [0.25, 0.3) is 0 Å². The summed E-state index contributed by atoms with van der Waals surface area (Å²) in [7, 11) is 0. The zero-order chi connectivity index (χ0) is 26.5. The zero-order valence-corrected chi connectivity index (χ0v) is 22.3. The number of aliphatic imine (C=N–C) groups is 1. The summed E-state index contributed by atoms with van der Waals surface area (Å²) in [5, 5.41) is 0. The highest BCUT2D eigenvalue weighted by Gasteiger charge is 2.52. The number of guanidine groups is 1. The minimum absolute atomic E-state index is 0.102. The summed E-state index contributed by atoms with van der Waals surface area (Å²) in [5.74, 6) is 1.00. The number of nitrogens with zero attached hydrogens (tertiary/aromatic N) is 4. The summed E-state index contributed by atoms with van der Waals surface area (Å²) in [6, 6.07) is 47.7. The number of anilines is 6. The van der Waals surface area contributed by atoms with Crippen molar-refractivity contribution in [1.29, 1.82) is 0 Å². The molecule has 0 atom stereocenters. The predicted octanol–water partition coefficient (Wildman–Crippen LogP) is 9.59. The molecule has 1 fully saturated rings. The predicted molar refractivity (Wildman–Crippen MR) is 166 cm³/mol. The van der Waals surface area contributed by atoms with Gasteiger partial charge in [-0.1, -0.05) is 85.6 Å². The first-order valence-corrected chi connectivity index (χ1v) is 14.2. The molecule has 0 saturated heterocycles. The molecule has 1 aliphatic carbocycles. The highest BCUT2D eigenvalue weighted by Crippen LogP contribution is 2.58. The maximum atomic E-state index is 5.34. The third-order valence-electron chi connectivity index (χ3n) is 8.63. The molecule has 5 aromatic carbocycles. The van der Waals surface area contributed by atoms with Gasteiger partial charge in [0, 0.05) is 28.3 Å². The van der Waals surface area contributed by atoms with Gasteiger partial charge in [-0.25, -0.2) is 4.99 Å². The molecule has 40 heavy (non-hydrogen) atoms. The first-order valence-electron chi connectivity index (χ1n) is 14.2. The van der Waals surface area contributed by atoms with Crippen molar-refractivity contribution >= 4 is 45.8 Å². The quantitative estimate of drug-likeness (QED) is 0.236. The molecular weight excluding hydrogens is 488 g/mol. The van der Waals surface area contributed by atoms with Crippen LogP contribution in [0.3, 0.4) is 0 Å². The summed E-state index contributed by atoms with van der Waals surface area (Å²) >= 11 is 0. The lowest BCUT2D eigenvalue weighted by atomic mass is 9.84. The fourth-order valence-electron chi connectivity index (χ4n) is 6.94. The maximum Gasteiger partial charge on any atom is 0.216 e. The van der Waals surface area contributed by atoms with E-state index in [4.69, 9.17) is 4.99 Å². The van der Waals surface area contributed by atoms with Gasteiger partial charge in [0.2, 0.25) is 5.96 Å². The average molecular weight is 519 g/mol. The lowest BCUT2D eigenvalue weighted by Gasteiger charge is -2.44. The van der Waals surface area contributed by atoms with Crippen molar-refractivity contribution in [3.63, 3.8) is 0 Å². The van der Waals surface area contributed by atoms with Gasteiger partial charge in [-0.2, -0.15) is 0 Å². The minimum atomic E-state index is -0.102. The van der Waals surface area contributed by atoms with Crippen LogP contribution in [0.1, 0.15) is 31.2 Å². The molecule has 8 rings (SSSR count). The Morgan fingerprint density at radius 3 is 1.85 bits per heavy atom. The van der Waals surface area contributed by atoms with Crippen LogP contribution in [0, 0.1) is 0 Å². The Morgan fingerprint density at radius 1 is 0.575 bits per heavy atom. The van der Waals surface area contributed by atoms with Gasteiger partial charge in [-0.3, -0.25) is 9.80 Å². The zero-order valence-electron chi connectivity index (χ0n) is 22.3. The summed E-state index contributed by atoms with van der Waals surface area (Å²) in [4.78, 5) is 12.6. The molecule has 0 aromatic heterocycles. The first kappa shape index (κ1) is 23.1. The van der Waals surface area contributed by atoms with Gasteiger partial charge in [0.1, 0.15) is 0 Å². The Hall–Kier alpha value is -4.83. The Kier molecular flexibility index (Phi) is 5.27. The number of para-hydroxylation sites is 4. The summed E-state index contributed by atoms with van der Waals surface area (Å²) < 4.78 is 0. The first-order chi connectivity index (χ1) is 19.8. The lowest BCUT2D eigenvalue weighted by Crippen LogP contribution is -2.51. The number of benzene rings is 5. The lowest BCUT2D eigenvalue weighted by molar-refractivity contribution is 0.456. The SMILES string of the molecule is c1ccc(N2C3=Nc4ccccc4C4(CCCC4)N3c3cc(N(c4ccccc4)c4ccccc4)ccc32)cc1. The summed E-state index contributed by atoms with van der Waals surface area (Å²) in [5.41, 5.74) is 9.28. The van der Waals surface area contributed by atoms with Crippen LogP contribution in [0.5, 0.6) is 0 Å². The normalized spacial score (nSPS) is 16.4. The molecule has 2 heterocycles. The molecule has 194 valence electrons. The largest absolute Gasteiger partial charge is 0.310 e. The van der Waals surface area contributed by atoms with E-state index in [1.54, 1.807) is 0 Å². The molecule has 1 spiro atoms. The molecule has 0 amide bonds. The third kappa shape index (κ3) is 3.42. The van der Waals surface area contributed by atoms with Crippen molar-refractivity contribution in [2.24, 2.45) is 4.99 Å². The molecule has 4 nitrogen and oxygen atoms in total. The summed E-state index contributed by atoms with van der Waals surface area (Å²) in [6.45, 7) is 0. The van der Waals surface area contributed by atoms with E-state index >= 15 is 0 Å². The molecule has 1 saturated carbocycles. The van der Waals surface area contributed by atoms with Crippen molar-refractivity contribution in [1.82, 2.24) is 0 Å². The standard InChI is InChI=1S/C36H30N4/c1-4-14-27(15-5-1)38(28-16-6-2-7-17-28)30-22-23-33-34(26-30)40-35(39(33)29-18-8-3-9-19-29)37-32-21-11-10-20-31(32)36(40)24-12-13-25-36/h1-11,14-23,26H,12-13,24-25H2. The van der Waals surface area contributed by atoms with Gasteiger partial charge in [0.15, 0.2) is 0 Å². The van der Waals surface area contributed by atoms with E-state index in [1.165, 1.54) is 29.8 Å². The van der Waals surface area contributed by atoms with Gasteiger partial charge < -0.3 is 4.90 Å². The molecule has 0 bridgehead atoms. The van der Waals surface area contributed by atoms with Crippen LogP contribution < -0.4 is 14.7 Å². The Morgan fingerprint density at radius 2 is 1.18 bits per heavy atom. The van der Waals surface area contributed by atoms with E-state index < -0.39 is 0 Å². The van der Waals surface area contributed by atoms with Crippen molar-refractivity contribution in [2.45, 2.75) is 31.2 Å². The molecule has 3 aliphatic rings. The second kappa shape index (κ2) is 9.13. The number of rotatable bonds is 4. The molecule has 5 aromatic rings. The average Bonchev–Trinajstić information content (AvgIpc) is 3.62. The Labute approximate surface area is 235 Å². The van der Waals surface area contributed by atoms with E-state index in [1.807, 2.05) is 0 Å². The van der Waals surface area contributed by atoms with Crippen molar-refractivity contribution < 1.29 is 0 Å². The third-order valence-corrected chi connectivity index (χ3v) is 8.63. The van der Waals surface area contributed by atoms with Gasteiger partial charge in [-0.05, 0) is 73.5 Å². The van der Waals surface area contributed by atoms with Crippen LogP contribution in [-0.2, 0) is 5.54 Å². The molecule has 2 aliphatic heterocycles. The maximum absolute atomic E-state index is 5.34. The molecule has 0 radical (unpaired) electrons. The fourth-order valence-corrected chi connectivity index (χ4v) is 6.94. The molecule has 4 heteroatoms. The van der Waals surface area contributed by atoms with Crippen molar-refractivity contribution in [2.75, 3.05) is 14.7 Å². The van der Waals surface area contributed by atoms with Gasteiger partial charge in [0.05, 0.1) is 22.6 Å². The van der Waals surface area contributed by atoms with Gasteiger partial charge >= 0.3 is 0 Å². The second-order valence-corrected chi connectivity index (χ2v) is 10.9. The number of hydrogen-bond acceptors (Lipinski definition) is 4. The van der Waals surface area contributed by atoms with E-state index in [2.05, 4.69) is 148 Å². The number of hydrogen-bond donors (Lipinski definition) is 0. The van der Waals surface area contributed by atoms with E-state index in [0.717, 1.165) is 47.2 Å². The van der Waals surface area contributed by atoms with Crippen LogP contribution in [0.4, 0.5) is 39.8 Å². The van der Waals surface area contributed by atoms with Crippen LogP contribution >= 0.6 is 0 Å². The summed E-state index contributed by atoms with van der Waals surface area (Å²) in [6.07, 6.45) is 4.68. The molecule has 0 N–H and O–H groups in total. The molecule has 0 unspecified atom stereocenters. The second-order valence-electron chi connectivity index (χ2n) is 10.9. The van der Waals surface area contributed by atoms with E-state index in [0.29, 0.717) is 0 Å². The van der Waals surface area contributed by atoms with Crippen LogP contribution in [0.25, 0.3) is 0 Å². The van der Waals surface area contributed by atoms with Crippen LogP contribution in [0.15, 0.2) is 138 Å². The van der Waals surface area contributed by atoms with E-state index in [9.17, 15) is 0 Å². The van der Waals surface area contributed by atoms with E-state index in [-0.39, 0.29) is 5.54 Å². The van der Waals surface area contributed by atoms with Crippen molar-refractivity contribution in [3.05, 3.63) is 139 Å². The minimum Gasteiger partial charge on any atom is -0.310 e. The smallest absolute Gasteiger partial charge is 0.216 e. The highest BCUT2D eigenvalue weighted by atomic mass is 15.5. The monoisotopic (exact) mass is 518 g/mol. The topological polar surface area (TPSA) is 22.1 Å². The fraction of sp³-hybridized carbons (Fsp3) is 0.139.